The van der Waals surface area contributed by atoms with E-state index in [0.29, 0.717) is 6.42 Å². The molecular formula is C20H23BrN2O3S. The predicted molar refractivity (Wildman–Crippen MR) is 109 cm³/mol. The maximum Gasteiger partial charge on any atom is 0.241 e. The third-order valence-corrected chi connectivity index (χ3v) is 6.74. The lowest BCUT2D eigenvalue weighted by Gasteiger charge is -2.21. The minimum Gasteiger partial charge on any atom is -0.352 e. The van der Waals surface area contributed by atoms with Crippen molar-refractivity contribution < 1.29 is 13.2 Å². The summed E-state index contributed by atoms with van der Waals surface area (Å²) in [6.45, 7) is 0. The number of benzene rings is 2. The van der Waals surface area contributed by atoms with E-state index in [0.717, 1.165) is 35.7 Å². The van der Waals surface area contributed by atoms with Crippen LogP contribution in [0.3, 0.4) is 0 Å². The molecule has 2 N–H and O–H groups in total. The van der Waals surface area contributed by atoms with Crippen molar-refractivity contribution in [2.45, 2.75) is 49.1 Å². The van der Waals surface area contributed by atoms with E-state index in [-0.39, 0.29) is 16.8 Å². The van der Waals surface area contributed by atoms with Crippen molar-refractivity contribution in [3.8, 4) is 0 Å². The van der Waals surface area contributed by atoms with Gasteiger partial charge in [-0.05, 0) is 49.1 Å². The minimum atomic E-state index is -3.81. The second-order valence-electron chi connectivity index (χ2n) is 6.81. The molecule has 1 saturated carbocycles. The molecule has 2 aromatic carbocycles. The Hall–Kier alpha value is -1.70. The molecule has 0 radical (unpaired) electrons. The molecule has 0 heterocycles. The molecule has 0 bridgehead atoms. The Kier molecular flexibility index (Phi) is 6.68. The monoisotopic (exact) mass is 450 g/mol. The Labute approximate surface area is 168 Å². The van der Waals surface area contributed by atoms with Crippen molar-refractivity contribution in [3.63, 3.8) is 0 Å². The highest BCUT2D eigenvalue weighted by molar-refractivity contribution is 9.10. The number of carbonyl (C=O) groups is 1. The van der Waals surface area contributed by atoms with Crippen LogP contribution in [0.1, 0.15) is 31.2 Å². The van der Waals surface area contributed by atoms with Crippen LogP contribution in [0.4, 0.5) is 0 Å². The number of carbonyl (C=O) groups excluding carboxylic acids is 1. The fourth-order valence-electron chi connectivity index (χ4n) is 3.28. The number of hydrogen-bond donors (Lipinski definition) is 2. The van der Waals surface area contributed by atoms with Crippen molar-refractivity contribution in [2.24, 2.45) is 0 Å². The van der Waals surface area contributed by atoms with Gasteiger partial charge in [-0.3, -0.25) is 4.79 Å². The quantitative estimate of drug-likeness (QED) is 0.678. The number of rotatable bonds is 7. The van der Waals surface area contributed by atoms with Gasteiger partial charge in [-0.25, -0.2) is 8.42 Å². The Balaban J connectivity index is 1.79. The van der Waals surface area contributed by atoms with E-state index < -0.39 is 16.1 Å². The van der Waals surface area contributed by atoms with Crippen LogP contribution in [0.25, 0.3) is 0 Å². The van der Waals surface area contributed by atoms with Crippen molar-refractivity contribution in [2.75, 3.05) is 0 Å². The van der Waals surface area contributed by atoms with Crippen LogP contribution in [0.5, 0.6) is 0 Å². The smallest absolute Gasteiger partial charge is 0.241 e. The molecule has 1 atom stereocenters. The largest absolute Gasteiger partial charge is 0.352 e. The Morgan fingerprint density at radius 2 is 1.67 bits per heavy atom. The summed E-state index contributed by atoms with van der Waals surface area (Å²) in [6, 6.07) is 15.1. The first-order valence-electron chi connectivity index (χ1n) is 9.06. The van der Waals surface area contributed by atoms with E-state index in [1.807, 2.05) is 30.3 Å². The van der Waals surface area contributed by atoms with Crippen molar-refractivity contribution in [3.05, 3.63) is 64.6 Å². The summed E-state index contributed by atoms with van der Waals surface area (Å²) in [7, 11) is -3.81. The summed E-state index contributed by atoms with van der Waals surface area (Å²) >= 11 is 3.30. The molecule has 0 saturated heterocycles. The van der Waals surface area contributed by atoms with Gasteiger partial charge in [0.2, 0.25) is 15.9 Å². The maximum atomic E-state index is 12.8. The van der Waals surface area contributed by atoms with E-state index in [1.54, 1.807) is 12.1 Å². The molecule has 5 nitrogen and oxygen atoms in total. The third kappa shape index (κ3) is 5.64. The van der Waals surface area contributed by atoms with Crippen LogP contribution < -0.4 is 10.0 Å². The van der Waals surface area contributed by atoms with E-state index in [1.165, 1.54) is 12.1 Å². The van der Waals surface area contributed by atoms with E-state index >= 15 is 0 Å². The highest BCUT2D eigenvalue weighted by atomic mass is 79.9. The van der Waals surface area contributed by atoms with Gasteiger partial charge < -0.3 is 5.32 Å². The Morgan fingerprint density at radius 3 is 2.30 bits per heavy atom. The normalized spacial score (nSPS) is 16.2. The van der Waals surface area contributed by atoms with Crippen LogP contribution in [0.15, 0.2) is 64.0 Å². The SMILES string of the molecule is O=C(NC1CCCC1)[C@@H](Cc1ccccc1)NS(=O)(=O)c1ccc(Br)cc1. The number of sulfonamides is 1. The highest BCUT2D eigenvalue weighted by Gasteiger charge is 2.28. The molecule has 0 aromatic heterocycles. The van der Waals surface area contributed by atoms with E-state index in [9.17, 15) is 13.2 Å². The summed E-state index contributed by atoms with van der Waals surface area (Å²) in [5.41, 5.74) is 0.905. The van der Waals surface area contributed by atoms with Gasteiger partial charge in [-0.1, -0.05) is 59.1 Å². The van der Waals surface area contributed by atoms with E-state index in [4.69, 9.17) is 0 Å². The van der Waals surface area contributed by atoms with Crippen LogP contribution in [-0.4, -0.2) is 26.4 Å². The first kappa shape index (κ1) is 20.0. The van der Waals surface area contributed by atoms with Crippen LogP contribution in [0, 0.1) is 0 Å². The van der Waals surface area contributed by atoms with Gasteiger partial charge in [0, 0.05) is 10.5 Å². The Morgan fingerprint density at radius 1 is 1.04 bits per heavy atom. The third-order valence-electron chi connectivity index (χ3n) is 4.72. The Bertz CT molecular complexity index is 864. The van der Waals surface area contributed by atoms with E-state index in [2.05, 4.69) is 26.0 Å². The fraction of sp³-hybridized carbons (Fsp3) is 0.350. The highest BCUT2D eigenvalue weighted by Crippen LogP contribution is 2.19. The summed E-state index contributed by atoms with van der Waals surface area (Å²) < 4.78 is 28.9. The molecule has 7 heteroatoms. The summed E-state index contributed by atoms with van der Waals surface area (Å²) in [4.78, 5) is 13.0. The first-order chi connectivity index (χ1) is 12.9. The number of nitrogens with one attached hydrogen (secondary N) is 2. The molecule has 0 aliphatic heterocycles. The number of hydrogen-bond acceptors (Lipinski definition) is 3. The van der Waals surface area contributed by atoms with Crippen LogP contribution in [0.2, 0.25) is 0 Å². The molecule has 3 rings (SSSR count). The molecule has 2 aromatic rings. The van der Waals surface area contributed by atoms with Crippen molar-refractivity contribution in [1.29, 1.82) is 0 Å². The average Bonchev–Trinajstić information content (AvgIpc) is 3.15. The van der Waals surface area contributed by atoms with Gasteiger partial charge in [-0.15, -0.1) is 0 Å². The first-order valence-corrected chi connectivity index (χ1v) is 11.3. The zero-order valence-corrected chi connectivity index (χ0v) is 17.3. The van der Waals surface area contributed by atoms with Crippen LogP contribution in [-0.2, 0) is 21.2 Å². The van der Waals surface area contributed by atoms with Gasteiger partial charge in [0.1, 0.15) is 6.04 Å². The van der Waals surface area contributed by atoms with Crippen LogP contribution >= 0.6 is 15.9 Å². The lowest BCUT2D eigenvalue weighted by Crippen LogP contribution is -2.50. The lowest BCUT2D eigenvalue weighted by molar-refractivity contribution is -0.123. The maximum absolute atomic E-state index is 12.8. The molecule has 1 fully saturated rings. The predicted octanol–water partition coefficient (Wildman–Crippen LogP) is 3.40. The minimum absolute atomic E-state index is 0.132. The molecule has 27 heavy (non-hydrogen) atoms. The zero-order chi connectivity index (χ0) is 19.3. The van der Waals surface area contributed by atoms with Gasteiger partial charge in [0.25, 0.3) is 0 Å². The molecule has 1 aliphatic carbocycles. The number of amides is 1. The van der Waals surface area contributed by atoms with Gasteiger partial charge in [0.05, 0.1) is 4.90 Å². The zero-order valence-electron chi connectivity index (χ0n) is 14.9. The summed E-state index contributed by atoms with van der Waals surface area (Å²) in [6.07, 6.45) is 4.39. The molecule has 0 spiro atoms. The molecular weight excluding hydrogens is 428 g/mol. The number of halogens is 1. The van der Waals surface area contributed by atoms with Crippen molar-refractivity contribution in [1.82, 2.24) is 10.0 Å². The molecule has 1 aliphatic rings. The van der Waals surface area contributed by atoms with Crippen molar-refractivity contribution >= 4 is 31.9 Å². The second-order valence-corrected chi connectivity index (χ2v) is 9.44. The van der Waals surface area contributed by atoms with Gasteiger partial charge >= 0.3 is 0 Å². The standard InChI is InChI=1S/C20H23BrN2O3S/c21-16-10-12-18(13-11-16)27(25,26)23-19(14-15-6-2-1-3-7-15)20(24)22-17-8-4-5-9-17/h1-3,6-7,10-13,17,19,23H,4-5,8-9,14H2,(H,22,24)/t19-/m1/s1. The lowest BCUT2D eigenvalue weighted by atomic mass is 10.1. The van der Waals surface area contributed by atoms with Gasteiger partial charge in [0.15, 0.2) is 0 Å². The summed E-state index contributed by atoms with van der Waals surface area (Å²) in [5, 5.41) is 3.01. The molecule has 0 unspecified atom stereocenters. The fourth-order valence-corrected chi connectivity index (χ4v) is 4.74. The van der Waals surface area contributed by atoms with Gasteiger partial charge in [-0.2, -0.15) is 4.72 Å². The summed E-state index contributed by atoms with van der Waals surface area (Å²) in [5.74, 6) is -0.272. The molecule has 1 amide bonds. The average molecular weight is 451 g/mol. The molecule has 144 valence electrons. The second kappa shape index (κ2) is 8.99. The topological polar surface area (TPSA) is 75.3 Å².